The molecule has 0 aliphatic heterocycles. The van der Waals surface area contributed by atoms with Gasteiger partial charge in [0.15, 0.2) is 0 Å². The van der Waals surface area contributed by atoms with Crippen molar-refractivity contribution in [3.8, 4) is 0 Å². The number of rotatable bonds is 5. The third kappa shape index (κ3) is 5.57. The highest BCUT2D eigenvalue weighted by atomic mass is 16.1. The van der Waals surface area contributed by atoms with Gasteiger partial charge in [-0.15, -0.1) is 0 Å². The highest BCUT2D eigenvalue weighted by Gasteiger charge is 2.28. The number of nitrogens with one attached hydrogen (secondary N) is 1. The zero-order chi connectivity index (χ0) is 12.3. The lowest BCUT2D eigenvalue weighted by Crippen LogP contribution is -2.51. The van der Waals surface area contributed by atoms with E-state index in [9.17, 15) is 4.79 Å². The predicted molar refractivity (Wildman–Crippen MR) is 64.5 cm³/mol. The predicted octanol–water partition coefficient (Wildman–Crippen LogP) is 1.55. The molecule has 15 heavy (non-hydrogen) atoms. The molecule has 0 radical (unpaired) electrons. The smallest absolute Gasteiger partial charge is 0.243 e. The lowest BCUT2D eigenvalue weighted by atomic mass is 9.94. The van der Waals surface area contributed by atoms with Crippen LogP contribution in [-0.4, -0.2) is 43.1 Å². The first-order chi connectivity index (χ1) is 6.58. The van der Waals surface area contributed by atoms with Gasteiger partial charge in [-0.05, 0) is 26.8 Å². The van der Waals surface area contributed by atoms with Crippen LogP contribution in [-0.2, 0) is 4.79 Å². The van der Waals surface area contributed by atoms with Crippen LogP contribution < -0.4 is 5.32 Å². The first kappa shape index (κ1) is 14.2. The van der Waals surface area contributed by atoms with E-state index in [4.69, 9.17) is 0 Å². The van der Waals surface area contributed by atoms with Crippen LogP contribution in [0.5, 0.6) is 0 Å². The van der Waals surface area contributed by atoms with Gasteiger partial charge in [0.1, 0.15) is 0 Å². The van der Waals surface area contributed by atoms with Gasteiger partial charge in [-0.2, -0.15) is 0 Å². The number of carbonyl (C=O) groups is 1. The van der Waals surface area contributed by atoms with Crippen molar-refractivity contribution in [1.82, 2.24) is 5.32 Å². The molecule has 0 aromatic heterocycles. The maximum atomic E-state index is 11.2. The van der Waals surface area contributed by atoms with Crippen molar-refractivity contribution >= 4 is 5.91 Å². The minimum Gasteiger partial charge on any atom is -0.347 e. The molecule has 0 spiro atoms. The normalized spacial score (nSPS) is 14.5. The summed E-state index contributed by atoms with van der Waals surface area (Å²) in [4.78, 5) is 11.2. The van der Waals surface area contributed by atoms with Gasteiger partial charge in [-0.25, -0.2) is 0 Å². The number of quaternary nitrogens is 1. The highest BCUT2D eigenvalue weighted by molar-refractivity contribution is 5.87. The van der Waals surface area contributed by atoms with Crippen molar-refractivity contribution in [2.24, 2.45) is 0 Å². The molecule has 0 aliphatic rings. The topological polar surface area (TPSA) is 29.1 Å². The minimum absolute atomic E-state index is 0.103. The van der Waals surface area contributed by atoms with E-state index < -0.39 is 0 Å². The summed E-state index contributed by atoms with van der Waals surface area (Å²) in [6, 6.07) is 0.491. The zero-order valence-electron chi connectivity index (χ0n) is 10.9. The lowest BCUT2D eigenvalue weighted by Gasteiger charge is -2.37. The Bertz CT molecular complexity index is 238. The van der Waals surface area contributed by atoms with E-state index in [1.54, 1.807) is 0 Å². The summed E-state index contributed by atoms with van der Waals surface area (Å²) in [5.41, 5.74) is -0.184. The first-order valence-electron chi connectivity index (χ1n) is 5.34. The Labute approximate surface area is 93.7 Å². The number of hydrogen-bond acceptors (Lipinski definition) is 1. The van der Waals surface area contributed by atoms with Gasteiger partial charge in [0, 0.05) is 12.0 Å². The van der Waals surface area contributed by atoms with Gasteiger partial charge in [-0.3, -0.25) is 4.79 Å². The van der Waals surface area contributed by atoms with Crippen LogP contribution in [0.15, 0.2) is 12.7 Å². The molecule has 1 unspecified atom stereocenters. The van der Waals surface area contributed by atoms with Crippen LogP contribution in [0.4, 0.5) is 0 Å². The molecule has 1 amide bonds. The van der Waals surface area contributed by atoms with Gasteiger partial charge in [0.2, 0.25) is 5.91 Å². The maximum Gasteiger partial charge on any atom is 0.243 e. The summed E-state index contributed by atoms with van der Waals surface area (Å²) < 4.78 is 0.896. The fourth-order valence-corrected chi connectivity index (χ4v) is 1.45. The summed E-state index contributed by atoms with van der Waals surface area (Å²) in [5.74, 6) is -0.103. The molecule has 0 heterocycles. The Morgan fingerprint density at radius 1 is 1.47 bits per heavy atom. The molecule has 0 fully saturated rings. The third-order valence-corrected chi connectivity index (χ3v) is 2.78. The van der Waals surface area contributed by atoms with E-state index in [1.165, 1.54) is 6.08 Å². The number of hydrogen-bond donors (Lipinski definition) is 1. The lowest BCUT2D eigenvalue weighted by molar-refractivity contribution is -0.894. The van der Waals surface area contributed by atoms with Gasteiger partial charge in [0.05, 0.1) is 27.2 Å². The van der Waals surface area contributed by atoms with E-state index in [0.29, 0.717) is 6.04 Å². The molecule has 0 aromatic rings. The van der Waals surface area contributed by atoms with Crippen LogP contribution in [0.3, 0.4) is 0 Å². The maximum absolute atomic E-state index is 11.2. The Balaban J connectivity index is 4.37. The van der Waals surface area contributed by atoms with Crippen molar-refractivity contribution in [3.05, 3.63) is 12.7 Å². The van der Waals surface area contributed by atoms with Gasteiger partial charge < -0.3 is 9.80 Å². The molecule has 0 rings (SSSR count). The summed E-state index contributed by atoms with van der Waals surface area (Å²) in [6.45, 7) is 9.74. The summed E-state index contributed by atoms with van der Waals surface area (Å²) >= 11 is 0. The van der Waals surface area contributed by atoms with Crippen molar-refractivity contribution < 1.29 is 9.28 Å². The van der Waals surface area contributed by atoms with Crippen LogP contribution in [0.1, 0.15) is 27.2 Å². The molecule has 0 saturated carbocycles. The van der Waals surface area contributed by atoms with E-state index in [1.807, 2.05) is 13.8 Å². The fourth-order valence-electron chi connectivity index (χ4n) is 1.45. The van der Waals surface area contributed by atoms with Gasteiger partial charge in [-0.1, -0.05) is 6.58 Å². The number of nitrogens with zero attached hydrogens (tertiary/aromatic N) is 1. The van der Waals surface area contributed by atoms with E-state index >= 15 is 0 Å². The monoisotopic (exact) mass is 213 g/mol. The van der Waals surface area contributed by atoms with E-state index in [0.717, 1.165) is 10.9 Å². The second-order valence-corrected chi connectivity index (χ2v) is 5.75. The highest BCUT2D eigenvalue weighted by Crippen LogP contribution is 2.17. The number of carbonyl (C=O) groups excluding carboxylic acids is 1. The molecule has 0 saturated heterocycles. The standard InChI is InChI=1S/C12H24N2O/c1-8-11(15)13-12(3,4)9-10(2)14(5,6)7/h8,10H,1,9H2,2-7H3/p+1. The van der Waals surface area contributed by atoms with Gasteiger partial charge in [0.25, 0.3) is 0 Å². The average Bonchev–Trinajstić information content (AvgIpc) is 2.00. The van der Waals surface area contributed by atoms with Crippen molar-refractivity contribution in [1.29, 1.82) is 0 Å². The van der Waals surface area contributed by atoms with E-state index in [-0.39, 0.29) is 11.4 Å². The molecule has 3 heteroatoms. The Kier molecular flexibility index (Phi) is 4.53. The van der Waals surface area contributed by atoms with Crippen molar-refractivity contribution in [2.75, 3.05) is 21.1 Å². The van der Waals surface area contributed by atoms with E-state index in [2.05, 4.69) is 40.0 Å². The summed E-state index contributed by atoms with van der Waals surface area (Å²) in [5, 5.41) is 2.94. The van der Waals surface area contributed by atoms with Crippen molar-refractivity contribution in [3.63, 3.8) is 0 Å². The largest absolute Gasteiger partial charge is 0.347 e. The Hall–Kier alpha value is -0.830. The van der Waals surface area contributed by atoms with Crippen LogP contribution in [0.2, 0.25) is 0 Å². The minimum atomic E-state index is -0.184. The molecular formula is C12H25N2O+. The van der Waals surface area contributed by atoms with Crippen molar-refractivity contribution in [2.45, 2.75) is 38.8 Å². The molecule has 0 bridgehead atoms. The first-order valence-corrected chi connectivity index (χ1v) is 5.34. The average molecular weight is 213 g/mol. The van der Waals surface area contributed by atoms with Crippen LogP contribution >= 0.6 is 0 Å². The summed E-state index contributed by atoms with van der Waals surface area (Å²) in [7, 11) is 6.49. The number of amides is 1. The molecule has 0 aromatic carbocycles. The molecular weight excluding hydrogens is 188 g/mol. The van der Waals surface area contributed by atoms with Crippen LogP contribution in [0.25, 0.3) is 0 Å². The third-order valence-electron chi connectivity index (χ3n) is 2.78. The molecule has 1 atom stereocenters. The molecule has 3 nitrogen and oxygen atoms in total. The fraction of sp³-hybridized carbons (Fsp3) is 0.750. The second-order valence-electron chi connectivity index (χ2n) is 5.75. The SMILES string of the molecule is C=CC(=O)NC(C)(C)CC(C)[N+](C)(C)C. The second kappa shape index (κ2) is 4.79. The Morgan fingerprint density at radius 3 is 2.27 bits per heavy atom. The van der Waals surface area contributed by atoms with Gasteiger partial charge >= 0.3 is 0 Å². The zero-order valence-corrected chi connectivity index (χ0v) is 10.9. The molecule has 1 N–H and O–H groups in total. The molecule has 88 valence electrons. The van der Waals surface area contributed by atoms with Crippen LogP contribution in [0, 0.1) is 0 Å². The molecule has 0 aliphatic carbocycles. The summed E-state index contributed by atoms with van der Waals surface area (Å²) in [6.07, 6.45) is 2.26. The Morgan fingerprint density at radius 2 is 1.93 bits per heavy atom. The quantitative estimate of drug-likeness (QED) is 0.545.